The van der Waals surface area contributed by atoms with Crippen molar-refractivity contribution >= 4 is 46.9 Å². The van der Waals surface area contributed by atoms with Crippen molar-refractivity contribution in [1.29, 1.82) is 0 Å². The van der Waals surface area contributed by atoms with Crippen molar-refractivity contribution in [1.82, 2.24) is 10.2 Å². The lowest BCUT2D eigenvalue weighted by Gasteiger charge is -2.52. The number of thioether (sulfide) groups is 1. The van der Waals surface area contributed by atoms with Crippen LogP contribution in [0.1, 0.15) is 40.7 Å². The Morgan fingerprint density at radius 2 is 1.38 bits per heavy atom. The molecule has 4 atom stereocenters. The van der Waals surface area contributed by atoms with E-state index in [-0.39, 0.29) is 12.3 Å². The molecule has 0 saturated carbocycles. The maximum atomic E-state index is 14.4. The summed E-state index contributed by atoms with van der Waals surface area (Å²) in [7, 11) is 0. The molecule has 0 spiro atoms. The third-order valence-electron chi connectivity index (χ3n) is 7.60. The molecule has 6 rings (SSSR count). The summed E-state index contributed by atoms with van der Waals surface area (Å²) >= 11 is 2.76. The van der Waals surface area contributed by atoms with Crippen LogP contribution in [0.2, 0.25) is 0 Å². The first-order chi connectivity index (χ1) is 21.9. The van der Waals surface area contributed by atoms with Gasteiger partial charge in [0.05, 0.1) is 6.42 Å². The molecule has 45 heavy (non-hydrogen) atoms. The van der Waals surface area contributed by atoms with E-state index in [0.29, 0.717) is 11.1 Å². The highest BCUT2D eigenvalue weighted by atomic mass is 32.2. The zero-order valence-electron chi connectivity index (χ0n) is 24.3. The number of ether oxygens (including phenoxy) is 2. The lowest BCUT2D eigenvalue weighted by Crippen LogP contribution is -2.74. The van der Waals surface area contributed by atoms with E-state index in [2.05, 4.69) is 5.32 Å². The van der Waals surface area contributed by atoms with E-state index >= 15 is 0 Å². The van der Waals surface area contributed by atoms with Crippen LogP contribution >= 0.6 is 23.1 Å². The monoisotopic (exact) mass is 638 g/mol. The number of nitrogens with one attached hydrogen (secondary N) is 1. The highest BCUT2D eigenvalue weighted by Crippen LogP contribution is 2.45. The van der Waals surface area contributed by atoms with E-state index in [1.807, 2.05) is 96.4 Å². The van der Waals surface area contributed by atoms with Crippen molar-refractivity contribution in [2.75, 3.05) is 0 Å². The lowest BCUT2D eigenvalue weighted by molar-refractivity contribution is -0.167. The maximum absolute atomic E-state index is 14.4. The molecular weight excluding hydrogens is 609 g/mol. The second-order valence-corrected chi connectivity index (χ2v) is 12.7. The Balaban J connectivity index is 1.34. The Hall–Kier alpha value is -4.67. The topological polar surface area (TPSA) is 102 Å². The number of benzene rings is 3. The fraction of sp³-hybridized carbons (Fsp3) is 0.200. The Labute approximate surface area is 269 Å². The van der Waals surface area contributed by atoms with Crippen LogP contribution in [-0.4, -0.2) is 46.1 Å². The van der Waals surface area contributed by atoms with Gasteiger partial charge in [-0.3, -0.25) is 14.4 Å². The number of carbonyl (C=O) groups is 4. The van der Waals surface area contributed by atoms with Crippen molar-refractivity contribution in [3.63, 3.8) is 0 Å². The number of hydrogen-bond acceptors (Lipinski definition) is 8. The fourth-order valence-corrected chi connectivity index (χ4v) is 7.50. The summed E-state index contributed by atoms with van der Waals surface area (Å²) in [5.41, 5.74) is 2.57. The molecule has 228 valence electrons. The number of carbonyl (C=O) groups excluding carboxylic acids is 4. The van der Waals surface area contributed by atoms with E-state index in [1.165, 1.54) is 34.9 Å². The van der Waals surface area contributed by atoms with Gasteiger partial charge in [0.15, 0.2) is 18.2 Å². The predicted molar refractivity (Wildman–Crippen MR) is 172 cm³/mol. The summed E-state index contributed by atoms with van der Waals surface area (Å²) < 4.78 is 12.1. The molecule has 8 nitrogen and oxygen atoms in total. The van der Waals surface area contributed by atoms with Gasteiger partial charge in [-0.05, 0) is 33.5 Å². The van der Waals surface area contributed by atoms with Crippen molar-refractivity contribution in [3.05, 3.63) is 141 Å². The zero-order chi connectivity index (χ0) is 31.3. The molecule has 1 fully saturated rings. The van der Waals surface area contributed by atoms with Gasteiger partial charge in [-0.15, -0.1) is 23.1 Å². The van der Waals surface area contributed by atoms with Crippen LogP contribution in [-0.2, 0) is 35.1 Å². The predicted octanol–water partition coefficient (Wildman–Crippen LogP) is 5.58. The van der Waals surface area contributed by atoms with Gasteiger partial charge in [0.2, 0.25) is 11.8 Å². The molecule has 3 aromatic carbocycles. The van der Waals surface area contributed by atoms with Gasteiger partial charge < -0.3 is 19.7 Å². The summed E-state index contributed by atoms with van der Waals surface area (Å²) in [6.07, 6.45) is -1.54. The van der Waals surface area contributed by atoms with Crippen LogP contribution in [0.5, 0.6) is 0 Å². The minimum Gasteiger partial charge on any atom is -0.453 e. The number of fused-ring (bicyclic) bond motifs is 1. The summed E-state index contributed by atoms with van der Waals surface area (Å²) in [4.78, 5) is 55.6. The van der Waals surface area contributed by atoms with Crippen LogP contribution in [0.15, 0.2) is 119 Å². The number of amides is 2. The van der Waals surface area contributed by atoms with E-state index < -0.39 is 47.5 Å². The number of rotatable bonds is 10. The van der Waals surface area contributed by atoms with Gasteiger partial charge in [0.25, 0.3) is 0 Å². The lowest BCUT2D eigenvalue weighted by atomic mass is 9.91. The summed E-state index contributed by atoms with van der Waals surface area (Å²) in [6.45, 7) is 1.30. The Bertz CT molecular complexity index is 1660. The van der Waals surface area contributed by atoms with Gasteiger partial charge >= 0.3 is 11.9 Å². The standard InChI is InChI=1S/C35H30N2O6S2/c1-22(38)42-32(25-16-9-4-10-17-25)27-21-45-34-29(36-28(39)20-26-18-11-19-44-26)33(40)37(34)30(27)35(41)43-31(23-12-5-2-6-13-23)24-14-7-3-8-15-24/h2-19,21,29-32,34H,20H2,1H3,(H,36,39)/t29?,30?,32?,34-/m0/s1. The number of nitrogens with zero attached hydrogens (tertiary/aromatic N) is 1. The second kappa shape index (κ2) is 13.5. The molecule has 3 heterocycles. The summed E-state index contributed by atoms with van der Waals surface area (Å²) in [5.74, 6) is -1.90. The highest BCUT2D eigenvalue weighted by Gasteiger charge is 2.57. The molecule has 0 radical (unpaired) electrons. The third-order valence-corrected chi connectivity index (χ3v) is 9.66. The van der Waals surface area contributed by atoms with Crippen LogP contribution in [0, 0.1) is 0 Å². The van der Waals surface area contributed by atoms with Crippen LogP contribution in [0.25, 0.3) is 0 Å². The molecule has 1 saturated heterocycles. The molecule has 2 amide bonds. The third kappa shape index (κ3) is 6.57. The van der Waals surface area contributed by atoms with Gasteiger partial charge in [-0.2, -0.15) is 0 Å². The molecule has 2 aliphatic heterocycles. The van der Waals surface area contributed by atoms with E-state index in [1.54, 1.807) is 17.5 Å². The first kappa shape index (κ1) is 30.4. The van der Waals surface area contributed by atoms with E-state index in [4.69, 9.17) is 9.47 Å². The number of β-lactam (4-membered cyclic amide) rings is 1. The molecule has 0 aliphatic carbocycles. The summed E-state index contributed by atoms with van der Waals surface area (Å²) in [6, 6.07) is 29.5. The largest absolute Gasteiger partial charge is 0.453 e. The Morgan fingerprint density at radius 3 is 1.91 bits per heavy atom. The van der Waals surface area contributed by atoms with Crippen LogP contribution < -0.4 is 5.32 Å². The summed E-state index contributed by atoms with van der Waals surface area (Å²) in [5, 5.41) is 5.96. The Morgan fingerprint density at radius 1 is 0.800 bits per heavy atom. The first-order valence-electron chi connectivity index (χ1n) is 14.4. The minimum absolute atomic E-state index is 0.157. The van der Waals surface area contributed by atoms with Gasteiger partial charge in [-0.25, -0.2) is 4.79 Å². The number of hydrogen-bond donors (Lipinski definition) is 1. The van der Waals surface area contributed by atoms with Crippen LogP contribution in [0.4, 0.5) is 0 Å². The smallest absolute Gasteiger partial charge is 0.334 e. The van der Waals surface area contributed by atoms with Crippen molar-refractivity contribution in [3.8, 4) is 0 Å². The van der Waals surface area contributed by atoms with Gasteiger partial charge in [-0.1, -0.05) is 97.1 Å². The quantitative estimate of drug-likeness (QED) is 0.179. The minimum atomic E-state index is -1.20. The van der Waals surface area contributed by atoms with Crippen molar-refractivity contribution in [2.24, 2.45) is 0 Å². The maximum Gasteiger partial charge on any atom is 0.334 e. The van der Waals surface area contributed by atoms with E-state index in [9.17, 15) is 19.2 Å². The average molecular weight is 639 g/mol. The number of esters is 2. The number of thiophene rings is 1. The molecule has 1 aromatic heterocycles. The molecular formula is C35H30N2O6S2. The molecule has 4 aromatic rings. The van der Waals surface area contributed by atoms with Crippen molar-refractivity contribution in [2.45, 2.75) is 43.0 Å². The van der Waals surface area contributed by atoms with Crippen molar-refractivity contribution < 1.29 is 28.7 Å². The second-order valence-electron chi connectivity index (χ2n) is 10.6. The highest BCUT2D eigenvalue weighted by molar-refractivity contribution is 8.03. The average Bonchev–Trinajstić information content (AvgIpc) is 3.58. The SMILES string of the molecule is CC(=O)OC(C1=CS[C@H]2C(NC(=O)Cc3cccs3)C(=O)N2C1C(=O)OC(c1ccccc1)c1ccccc1)c1ccccc1. The molecule has 3 unspecified atom stereocenters. The molecule has 1 N–H and O–H groups in total. The van der Waals surface area contributed by atoms with Gasteiger partial charge in [0, 0.05) is 17.4 Å². The molecule has 0 bridgehead atoms. The fourth-order valence-electron chi connectivity index (χ4n) is 5.55. The first-order valence-corrected chi connectivity index (χ1v) is 16.2. The van der Waals surface area contributed by atoms with Gasteiger partial charge in [0.1, 0.15) is 11.4 Å². The normalized spacial score (nSPS) is 19.5. The van der Waals surface area contributed by atoms with Crippen LogP contribution in [0.3, 0.4) is 0 Å². The molecule has 2 aliphatic rings. The zero-order valence-corrected chi connectivity index (χ0v) is 25.9. The van der Waals surface area contributed by atoms with E-state index in [0.717, 1.165) is 16.0 Å². The molecule has 10 heteroatoms. The Kier molecular flexibility index (Phi) is 9.13.